The molecular formula is C20H24N2O4. The molecule has 2 fully saturated rings. The standard InChI is InChI=1S/C20H24N2O4/c1-3-14-19(18(23)24)10-26-20(14,25)12-8-9-22(2)16(12)15-11-6-4-5-7-13(11)21-17(15)19/h4-7,12,14,16,21,25H,3,8-10H2,1-2H3,(H,23,24). The van der Waals surface area contributed by atoms with Crippen LogP contribution in [0.1, 0.15) is 37.1 Å². The topological polar surface area (TPSA) is 85.8 Å². The number of nitrogens with one attached hydrogen (secondary N) is 1. The van der Waals surface area contributed by atoms with Crippen molar-refractivity contribution >= 4 is 16.9 Å². The van der Waals surface area contributed by atoms with Gasteiger partial charge in [-0.1, -0.05) is 25.1 Å². The molecule has 6 heteroatoms. The van der Waals surface area contributed by atoms with Crippen LogP contribution in [0.5, 0.6) is 0 Å². The monoisotopic (exact) mass is 356 g/mol. The van der Waals surface area contributed by atoms with E-state index in [1.54, 1.807) is 0 Å². The summed E-state index contributed by atoms with van der Waals surface area (Å²) in [5, 5.41) is 23.0. The first-order chi connectivity index (χ1) is 12.4. The second kappa shape index (κ2) is 5.09. The van der Waals surface area contributed by atoms with Crippen LogP contribution in [0.2, 0.25) is 0 Å². The summed E-state index contributed by atoms with van der Waals surface area (Å²) in [6.45, 7) is 2.81. The highest BCUT2D eigenvalue weighted by molar-refractivity contribution is 5.91. The van der Waals surface area contributed by atoms with Gasteiger partial charge in [0.15, 0.2) is 5.79 Å². The number of likely N-dealkylation sites (tertiary alicyclic amines) is 1. The van der Waals surface area contributed by atoms with E-state index in [0.29, 0.717) is 6.42 Å². The maximum Gasteiger partial charge on any atom is 0.318 e. The van der Waals surface area contributed by atoms with Gasteiger partial charge in [0.1, 0.15) is 5.41 Å². The van der Waals surface area contributed by atoms with Gasteiger partial charge in [-0.25, -0.2) is 0 Å². The molecule has 26 heavy (non-hydrogen) atoms. The number of nitrogens with zero attached hydrogens (tertiary/aromatic N) is 1. The number of ether oxygens (including phenoxy) is 1. The van der Waals surface area contributed by atoms with Crippen molar-refractivity contribution in [1.82, 2.24) is 9.88 Å². The molecule has 5 unspecified atom stereocenters. The number of benzene rings is 1. The van der Waals surface area contributed by atoms with Gasteiger partial charge in [-0.2, -0.15) is 0 Å². The van der Waals surface area contributed by atoms with E-state index in [9.17, 15) is 15.0 Å². The Labute approximate surface area is 151 Å². The molecule has 3 heterocycles. The summed E-state index contributed by atoms with van der Waals surface area (Å²) in [6, 6.07) is 7.93. The third-order valence-corrected chi connectivity index (χ3v) is 7.08. The van der Waals surface area contributed by atoms with Crippen LogP contribution in [-0.2, 0) is 14.9 Å². The smallest absolute Gasteiger partial charge is 0.318 e. The number of aromatic amines is 1. The molecule has 6 nitrogen and oxygen atoms in total. The summed E-state index contributed by atoms with van der Waals surface area (Å²) < 4.78 is 5.96. The zero-order valence-corrected chi connectivity index (χ0v) is 15.0. The molecule has 2 saturated heterocycles. The first-order valence-corrected chi connectivity index (χ1v) is 9.36. The lowest BCUT2D eigenvalue weighted by Gasteiger charge is -2.38. The first kappa shape index (κ1) is 16.3. The van der Waals surface area contributed by atoms with Crippen LogP contribution in [0.3, 0.4) is 0 Å². The largest absolute Gasteiger partial charge is 0.480 e. The molecule has 1 aliphatic carbocycles. The molecule has 1 aromatic heterocycles. The summed E-state index contributed by atoms with van der Waals surface area (Å²) in [5.41, 5.74) is 1.45. The zero-order chi connectivity index (χ0) is 18.3. The molecular weight excluding hydrogens is 332 g/mol. The summed E-state index contributed by atoms with van der Waals surface area (Å²) in [4.78, 5) is 18.3. The Morgan fingerprint density at radius 2 is 2.19 bits per heavy atom. The number of para-hydroxylation sites is 1. The number of aliphatic hydroxyl groups is 1. The molecule has 2 aliphatic heterocycles. The molecule has 0 radical (unpaired) electrons. The van der Waals surface area contributed by atoms with Crippen LogP contribution in [0.25, 0.3) is 10.9 Å². The maximum atomic E-state index is 12.6. The fourth-order valence-corrected chi connectivity index (χ4v) is 5.98. The van der Waals surface area contributed by atoms with E-state index < -0.39 is 23.1 Å². The fraction of sp³-hybridized carbons (Fsp3) is 0.550. The zero-order valence-electron chi connectivity index (χ0n) is 15.0. The third kappa shape index (κ3) is 1.66. The van der Waals surface area contributed by atoms with Crippen LogP contribution in [0.4, 0.5) is 0 Å². The Hall–Kier alpha value is -1.89. The van der Waals surface area contributed by atoms with Crippen molar-refractivity contribution in [2.24, 2.45) is 11.8 Å². The van der Waals surface area contributed by atoms with Gasteiger partial charge in [0.2, 0.25) is 0 Å². The lowest BCUT2D eigenvalue weighted by atomic mass is 9.69. The predicted molar refractivity (Wildman–Crippen MR) is 95.8 cm³/mol. The summed E-state index contributed by atoms with van der Waals surface area (Å²) >= 11 is 0. The third-order valence-electron chi connectivity index (χ3n) is 7.08. The molecule has 0 spiro atoms. The number of aromatic nitrogens is 1. The van der Waals surface area contributed by atoms with Crippen LogP contribution < -0.4 is 0 Å². The van der Waals surface area contributed by atoms with Crippen LogP contribution in [0.15, 0.2) is 24.3 Å². The Balaban J connectivity index is 1.91. The minimum absolute atomic E-state index is 0.00406. The highest BCUT2D eigenvalue weighted by atomic mass is 16.6. The van der Waals surface area contributed by atoms with E-state index in [1.165, 1.54) is 0 Å². The van der Waals surface area contributed by atoms with Crippen LogP contribution in [0, 0.1) is 11.8 Å². The molecule has 3 N–H and O–H groups in total. The minimum atomic E-state index is -1.41. The van der Waals surface area contributed by atoms with Gasteiger partial charge < -0.3 is 19.9 Å². The first-order valence-electron chi connectivity index (χ1n) is 9.36. The van der Waals surface area contributed by atoms with Crippen molar-refractivity contribution in [3.8, 4) is 0 Å². The number of aliphatic carboxylic acids is 1. The maximum absolute atomic E-state index is 12.6. The van der Waals surface area contributed by atoms with E-state index in [1.807, 2.05) is 38.2 Å². The number of fused-ring (bicyclic) bond motifs is 9. The van der Waals surface area contributed by atoms with Crippen molar-refractivity contribution in [3.63, 3.8) is 0 Å². The van der Waals surface area contributed by atoms with Crippen molar-refractivity contribution < 1.29 is 19.7 Å². The van der Waals surface area contributed by atoms with Crippen molar-refractivity contribution in [3.05, 3.63) is 35.5 Å². The quantitative estimate of drug-likeness (QED) is 0.768. The number of H-pyrrole nitrogens is 1. The number of hydrogen-bond donors (Lipinski definition) is 3. The molecule has 3 aliphatic rings. The normalized spacial score (nSPS) is 39.0. The molecule has 5 rings (SSSR count). The molecule has 2 aromatic rings. The highest BCUT2D eigenvalue weighted by Gasteiger charge is 2.70. The average Bonchev–Trinajstić information content (AvgIpc) is 3.24. The number of carbonyl (C=O) groups is 1. The van der Waals surface area contributed by atoms with Gasteiger partial charge in [-0.3, -0.25) is 9.69 Å². The van der Waals surface area contributed by atoms with Gasteiger partial charge in [0.25, 0.3) is 0 Å². The highest BCUT2D eigenvalue weighted by Crippen LogP contribution is 2.61. The molecule has 138 valence electrons. The van der Waals surface area contributed by atoms with E-state index in [0.717, 1.165) is 35.1 Å². The lowest BCUT2D eigenvalue weighted by molar-refractivity contribution is -0.235. The predicted octanol–water partition coefficient (Wildman–Crippen LogP) is 2.24. The Kier molecular flexibility index (Phi) is 3.19. The second-order valence-electron chi connectivity index (χ2n) is 8.06. The van der Waals surface area contributed by atoms with Crippen LogP contribution >= 0.6 is 0 Å². The lowest BCUT2D eigenvalue weighted by Crippen LogP contribution is -2.50. The van der Waals surface area contributed by atoms with Crippen LogP contribution in [-0.4, -0.2) is 52.1 Å². The Morgan fingerprint density at radius 3 is 2.92 bits per heavy atom. The van der Waals surface area contributed by atoms with Crippen molar-refractivity contribution in [2.75, 3.05) is 20.2 Å². The molecule has 0 amide bonds. The Morgan fingerprint density at radius 1 is 1.42 bits per heavy atom. The van der Waals surface area contributed by atoms with Gasteiger partial charge in [0, 0.05) is 34.5 Å². The van der Waals surface area contributed by atoms with Gasteiger partial charge in [-0.15, -0.1) is 0 Å². The second-order valence-corrected chi connectivity index (χ2v) is 8.06. The molecule has 5 atom stereocenters. The van der Waals surface area contributed by atoms with E-state index in [2.05, 4.69) is 9.88 Å². The Bertz CT molecular complexity index is 908. The number of rotatable bonds is 2. The number of carboxylic acids is 1. The van der Waals surface area contributed by atoms with Gasteiger partial charge in [-0.05, 0) is 38.1 Å². The molecule has 0 saturated carbocycles. The average molecular weight is 356 g/mol. The van der Waals surface area contributed by atoms with E-state index in [4.69, 9.17) is 4.74 Å². The summed E-state index contributed by atoms with van der Waals surface area (Å²) in [5.74, 6) is -2.96. The summed E-state index contributed by atoms with van der Waals surface area (Å²) in [7, 11) is 2.05. The fourth-order valence-electron chi connectivity index (χ4n) is 5.98. The van der Waals surface area contributed by atoms with E-state index in [-0.39, 0.29) is 18.6 Å². The molecule has 1 aromatic carbocycles. The van der Waals surface area contributed by atoms with Gasteiger partial charge in [0.05, 0.1) is 6.61 Å². The number of carboxylic acid groups (broad SMARTS) is 1. The molecule has 2 bridgehead atoms. The van der Waals surface area contributed by atoms with Crippen molar-refractivity contribution in [2.45, 2.75) is 37.0 Å². The number of hydrogen-bond acceptors (Lipinski definition) is 4. The van der Waals surface area contributed by atoms with Gasteiger partial charge >= 0.3 is 5.97 Å². The van der Waals surface area contributed by atoms with Crippen molar-refractivity contribution in [1.29, 1.82) is 0 Å². The minimum Gasteiger partial charge on any atom is -0.480 e. The van der Waals surface area contributed by atoms with E-state index >= 15 is 0 Å². The summed E-state index contributed by atoms with van der Waals surface area (Å²) in [6.07, 6.45) is 1.34. The SMILES string of the molecule is CCC1C2(C(=O)O)COC1(O)C1CCN(C)C1c1c2[nH]c2ccccc12.